The lowest BCUT2D eigenvalue weighted by atomic mass is 10.2. The number of esters is 1. The number of aromatic nitrogens is 3. The van der Waals surface area contributed by atoms with Gasteiger partial charge in [-0.1, -0.05) is 35.9 Å². The van der Waals surface area contributed by atoms with Gasteiger partial charge in [0.15, 0.2) is 5.82 Å². The molecule has 138 valence electrons. The van der Waals surface area contributed by atoms with E-state index in [1.165, 1.54) is 6.20 Å². The molecule has 0 fully saturated rings. The number of halogens is 1. The smallest absolute Gasteiger partial charge is 0.340 e. The molecule has 0 unspecified atom stereocenters. The minimum Gasteiger partial charge on any atom is -0.462 e. The second-order valence-corrected chi connectivity index (χ2v) is 5.97. The normalized spacial score (nSPS) is 10.3. The number of anilines is 3. The summed E-state index contributed by atoms with van der Waals surface area (Å²) in [5.41, 5.74) is 2.01. The monoisotopic (exact) mass is 383 g/mol. The zero-order chi connectivity index (χ0) is 19.1. The van der Waals surface area contributed by atoms with Crippen molar-refractivity contribution in [2.75, 3.05) is 17.2 Å². The Morgan fingerprint density at radius 2 is 1.93 bits per heavy atom. The molecule has 0 aliphatic rings. The summed E-state index contributed by atoms with van der Waals surface area (Å²) in [5.74, 6) is 0.412. The summed E-state index contributed by atoms with van der Waals surface area (Å²) in [5, 5.41) is 14.8. The second-order valence-electron chi connectivity index (χ2n) is 5.54. The molecular formula is C19H18ClN5O2. The lowest BCUT2D eigenvalue weighted by Gasteiger charge is -2.11. The van der Waals surface area contributed by atoms with Crippen molar-refractivity contribution in [1.82, 2.24) is 15.2 Å². The second kappa shape index (κ2) is 8.95. The van der Waals surface area contributed by atoms with Crippen LogP contribution in [0.1, 0.15) is 22.8 Å². The average molecular weight is 384 g/mol. The van der Waals surface area contributed by atoms with Crippen LogP contribution in [0.15, 0.2) is 54.7 Å². The van der Waals surface area contributed by atoms with Crippen LogP contribution in [0.5, 0.6) is 0 Å². The molecule has 0 saturated heterocycles. The Balaban J connectivity index is 1.71. The molecule has 0 atom stereocenters. The number of rotatable bonds is 7. The minimum absolute atomic E-state index is 0.271. The van der Waals surface area contributed by atoms with Crippen molar-refractivity contribution in [2.24, 2.45) is 0 Å². The van der Waals surface area contributed by atoms with Gasteiger partial charge in [0.1, 0.15) is 0 Å². The first-order valence-corrected chi connectivity index (χ1v) is 8.74. The summed E-state index contributed by atoms with van der Waals surface area (Å²) in [6, 6.07) is 14.5. The molecule has 27 heavy (non-hydrogen) atoms. The van der Waals surface area contributed by atoms with Gasteiger partial charge in [-0.3, -0.25) is 0 Å². The van der Waals surface area contributed by atoms with Crippen LogP contribution in [0.2, 0.25) is 5.02 Å². The van der Waals surface area contributed by atoms with E-state index in [9.17, 15) is 4.79 Å². The molecule has 7 nitrogen and oxygen atoms in total. The highest BCUT2D eigenvalue weighted by molar-refractivity contribution is 6.30. The summed E-state index contributed by atoms with van der Waals surface area (Å²) in [4.78, 5) is 16.4. The highest BCUT2D eigenvalue weighted by atomic mass is 35.5. The quantitative estimate of drug-likeness (QED) is 0.594. The van der Waals surface area contributed by atoms with Crippen molar-refractivity contribution in [2.45, 2.75) is 13.5 Å². The Morgan fingerprint density at radius 3 is 2.70 bits per heavy atom. The number of carbonyl (C=O) groups is 1. The Labute approximate surface area is 161 Å². The number of carbonyl (C=O) groups excluding carboxylic acids is 1. The maximum atomic E-state index is 12.1. The molecule has 0 radical (unpaired) electrons. The van der Waals surface area contributed by atoms with Crippen LogP contribution in [0.3, 0.4) is 0 Å². The predicted molar refractivity (Wildman–Crippen MR) is 104 cm³/mol. The van der Waals surface area contributed by atoms with Gasteiger partial charge in [-0.15, -0.1) is 5.10 Å². The summed E-state index contributed by atoms with van der Waals surface area (Å²) in [6.45, 7) is 2.63. The molecule has 3 aromatic rings. The molecule has 0 aliphatic heterocycles. The third-order valence-corrected chi connectivity index (χ3v) is 3.87. The van der Waals surface area contributed by atoms with Crippen LogP contribution in [-0.2, 0) is 11.3 Å². The molecule has 1 aromatic heterocycles. The lowest BCUT2D eigenvalue weighted by molar-refractivity contribution is 0.0527. The van der Waals surface area contributed by atoms with E-state index in [0.29, 0.717) is 35.2 Å². The van der Waals surface area contributed by atoms with Crippen molar-refractivity contribution < 1.29 is 9.53 Å². The highest BCUT2D eigenvalue weighted by Gasteiger charge is 2.13. The summed E-state index contributed by atoms with van der Waals surface area (Å²) >= 11 is 5.89. The van der Waals surface area contributed by atoms with Crippen LogP contribution in [-0.4, -0.2) is 27.8 Å². The topological polar surface area (TPSA) is 89.0 Å². The third-order valence-electron chi connectivity index (χ3n) is 3.61. The largest absolute Gasteiger partial charge is 0.462 e. The molecule has 8 heteroatoms. The van der Waals surface area contributed by atoms with Crippen molar-refractivity contribution in [3.05, 3.63) is 70.9 Å². The van der Waals surface area contributed by atoms with Gasteiger partial charge in [0, 0.05) is 11.6 Å². The number of ether oxygens (including phenoxy) is 1. The summed E-state index contributed by atoms with van der Waals surface area (Å²) in [7, 11) is 0. The molecule has 0 saturated carbocycles. The number of hydrogen-bond donors (Lipinski definition) is 2. The number of nitrogens with zero attached hydrogens (tertiary/aromatic N) is 3. The number of para-hydroxylation sites is 1. The van der Waals surface area contributed by atoms with Crippen molar-refractivity contribution in [3.8, 4) is 0 Å². The fourth-order valence-electron chi connectivity index (χ4n) is 2.34. The number of benzene rings is 2. The maximum Gasteiger partial charge on any atom is 0.340 e. The van der Waals surface area contributed by atoms with Gasteiger partial charge >= 0.3 is 5.97 Å². The number of nitrogens with one attached hydrogen (secondary N) is 2. The van der Waals surface area contributed by atoms with Crippen LogP contribution >= 0.6 is 11.6 Å². The Hall–Kier alpha value is -3.19. The van der Waals surface area contributed by atoms with E-state index in [-0.39, 0.29) is 5.95 Å². The van der Waals surface area contributed by atoms with E-state index >= 15 is 0 Å². The lowest BCUT2D eigenvalue weighted by Crippen LogP contribution is -2.10. The van der Waals surface area contributed by atoms with Gasteiger partial charge in [0.05, 0.1) is 24.1 Å². The Morgan fingerprint density at radius 1 is 1.15 bits per heavy atom. The van der Waals surface area contributed by atoms with E-state index in [4.69, 9.17) is 16.3 Å². The molecule has 2 N–H and O–H groups in total. The predicted octanol–water partition coefficient (Wildman–Crippen LogP) is 4.06. The van der Waals surface area contributed by atoms with Gasteiger partial charge in [-0.05, 0) is 36.8 Å². The first kappa shape index (κ1) is 18.6. The van der Waals surface area contributed by atoms with Gasteiger partial charge in [0.25, 0.3) is 0 Å². The van der Waals surface area contributed by atoms with Gasteiger partial charge in [0.2, 0.25) is 5.95 Å². The Kier molecular flexibility index (Phi) is 6.17. The molecule has 0 amide bonds. The fraction of sp³-hybridized carbons (Fsp3) is 0.158. The molecule has 2 aromatic carbocycles. The van der Waals surface area contributed by atoms with E-state index < -0.39 is 5.97 Å². The van der Waals surface area contributed by atoms with E-state index in [2.05, 4.69) is 25.8 Å². The molecule has 3 rings (SSSR count). The summed E-state index contributed by atoms with van der Waals surface area (Å²) in [6.07, 6.45) is 1.53. The van der Waals surface area contributed by atoms with Crippen LogP contribution < -0.4 is 10.6 Å². The van der Waals surface area contributed by atoms with Gasteiger partial charge in [-0.2, -0.15) is 10.1 Å². The first-order valence-electron chi connectivity index (χ1n) is 8.37. The van der Waals surface area contributed by atoms with Crippen molar-refractivity contribution in [3.63, 3.8) is 0 Å². The van der Waals surface area contributed by atoms with E-state index in [1.54, 1.807) is 31.2 Å². The summed E-state index contributed by atoms with van der Waals surface area (Å²) < 4.78 is 5.07. The molecular weight excluding hydrogens is 366 g/mol. The molecule has 0 aliphatic carbocycles. The van der Waals surface area contributed by atoms with Crippen LogP contribution in [0.4, 0.5) is 17.5 Å². The van der Waals surface area contributed by atoms with Crippen molar-refractivity contribution >= 4 is 35.0 Å². The zero-order valence-corrected chi connectivity index (χ0v) is 15.4. The van der Waals surface area contributed by atoms with Gasteiger partial charge < -0.3 is 15.4 Å². The fourth-order valence-corrected chi connectivity index (χ4v) is 2.46. The van der Waals surface area contributed by atoms with Crippen LogP contribution in [0, 0.1) is 0 Å². The van der Waals surface area contributed by atoms with E-state index in [0.717, 1.165) is 5.56 Å². The van der Waals surface area contributed by atoms with Crippen molar-refractivity contribution in [1.29, 1.82) is 0 Å². The minimum atomic E-state index is -0.412. The third kappa shape index (κ3) is 5.15. The first-order chi connectivity index (χ1) is 13.2. The number of hydrogen-bond acceptors (Lipinski definition) is 7. The van der Waals surface area contributed by atoms with Crippen LogP contribution in [0.25, 0.3) is 0 Å². The highest BCUT2D eigenvalue weighted by Crippen LogP contribution is 2.20. The SMILES string of the molecule is CCOC(=O)c1ccccc1Nc1nncc(NCc2ccc(Cl)cc2)n1. The van der Waals surface area contributed by atoms with E-state index in [1.807, 2.05) is 24.3 Å². The molecule has 1 heterocycles. The molecule has 0 spiro atoms. The zero-order valence-electron chi connectivity index (χ0n) is 14.6. The average Bonchev–Trinajstić information content (AvgIpc) is 2.68. The Bertz CT molecular complexity index is 918. The standard InChI is InChI=1S/C19H18ClN5O2/c1-2-27-18(26)15-5-3-4-6-16(15)23-19-24-17(12-22-25-19)21-11-13-7-9-14(20)10-8-13/h3-10,12H,2,11H2,1H3,(H2,21,23,24,25). The molecule has 0 bridgehead atoms. The maximum absolute atomic E-state index is 12.1. The van der Waals surface area contributed by atoms with Gasteiger partial charge in [-0.25, -0.2) is 4.79 Å².